The van der Waals surface area contributed by atoms with Crippen LogP contribution in [0.1, 0.15) is 6.42 Å². The fraction of sp³-hybridized carbons (Fsp3) is 0.429. The maximum absolute atomic E-state index is 5.43. The Balaban J connectivity index is 0.000000605. The molecule has 0 N–H and O–H groups in total. The van der Waals surface area contributed by atoms with Crippen molar-refractivity contribution in [1.82, 2.24) is 5.06 Å². The summed E-state index contributed by atoms with van der Waals surface area (Å²) in [6, 6.07) is 1.99. The summed E-state index contributed by atoms with van der Waals surface area (Å²) >= 11 is 1.66. The van der Waals surface area contributed by atoms with Gasteiger partial charge < -0.3 is 4.84 Å². The highest BCUT2D eigenvalue weighted by Gasteiger charge is 2.15. The van der Waals surface area contributed by atoms with Gasteiger partial charge in [0.05, 0.1) is 0 Å². The fourth-order valence-corrected chi connectivity index (χ4v) is 1.38. The van der Waals surface area contributed by atoms with Gasteiger partial charge in [-0.15, -0.1) is 28.8 Å². The number of halogens is 1. The summed E-state index contributed by atoms with van der Waals surface area (Å²) in [5.41, 5.74) is 0. The van der Waals surface area contributed by atoms with Crippen molar-refractivity contribution in [3.8, 4) is 5.75 Å². The molecule has 0 spiro atoms. The first-order chi connectivity index (χ1) is 4.95. The average molecular weight is 192 g/mol. The summed E-state index contributed by atoms with van der Waals surface area (Å²) in [4.78, 5) is 5.43. The van der Waals surface area contributed by atoms with Gasteiger partial charge in [0, 0.05) is 18.5 Å². The summed E-state index contributed by atoms with van der Waals surface area (Å²) in [5, 5.41) is 6.01. The summed E-state index contributed by atoms with van der Waals surface area (Å²) in [5.74, 6) is 0.977. The van der Waals surface area contributed by atoms with Gasteiger partial charge in [0.15, 0.2) is 5.75 Å². The van der Waals surface area contributed by atoms with Crippen LogP contribution in [0.2, 0.25) is 0 Å². The molecule has 1 aliphatic rings. The molecule has 0 unspecified atom stereocenters. The summed E-state index contributed by atoms with van der Waals surface area (Å²) in [6.45, 7) is 2.16. The van der Waals surface area contributed by atoms with Crippen molar-refractivity contribution < 1.29 is 4.84 Å². The van der Waals surface area contributed by atoms with E-state index in [9.17, 15) is 0 Å². The highest BCUT2D eigenvalue weighted by molar-refractivity contribution is 7.08. The maximum atomic E-state index is 5.43. The quantitative estimate of drug-likeness (QED) is 0.711. The van der Waals surface area contributed by atoms with E-state index in [0.717, 1.165) is 18.8 Å². The van der Waals surface area contributed by atoms with Crippen molar-refractivity contribution in [3.05, 3.63) is 16.8 Å². The third-order valence-electron chi connectivity index (χ3n) is 1.54. The number of nitrogens with zero attached hydrogens (tertiary/aromatic N) is 1. The van der Waals surface area contributed by atoms with E-state index in [1.807, 2.05) is 21.9 Å². The van der Waals surface area contributed by atoms with E-state index in [-0.39, 0.29) is 12.4 Å². The Morgan fingerprint density at radius 3 is 2.73 bits per heavy atom. The van der Waals surface area contributed by atoms with Gasteiger partial charge in [-0.3, -0.25) is 0 Å². The molecule has 0 aliphatic carbocycles. The zero-order valence-corrected chi connectivity index (χ0v) is 7.66. The van der Waals surface area contributed by atoms with Crippen molar-refractivity contribution in [3.63, 3.8) is 0 Å². The highest BCUT2D eigenvalue weighted by atomic mass is 35.5. The van der Waals surface area contributed by atoms with Gasteiger partial charge in [-0.2, -0.15) is 0 Å². The molecule has 62 valence electrons. The zero-order valence-electron chi connectivity index (χ0n) is 6.03. The number of hydrogen-bond acceptors (Lipinski definition) is 3. The van der Waals surface area contributed by atoms with Crippen molar-refractivity contribution in [2.75, 3.05) is 13.1 Å². The van der Waals surface area contributed by atoms with E-state index in [1.54, 1.807) is 11.3 Å². The summed E-state index contributed by atoms with van der Waals surface area (Å²) in [6.07, 6.45) is 1.27. The Kier molecular flexibility index (Phi) is 3.17. The molecule has 4 heteroatoms. The number of hydrogen-bond donors (Lipinski definition) is 0. The second-order valence-electron chi connectivity index (χ2n) is 2.33. The van der Waals surface area contributed by atoms with Crippen LogP contribution in [0.4, 0.5) is 0 Å². The van der Waals surface area contributed by atoms with Crippen LogP contribution in [0.5, 0.6) is 5.75 Å². The number of thiophene rings is 1. The molecule has 0 saturated carbocycles. The second-order valence-corrected chi connectivity index (χ2v) is 3.11. The van der Waals surface area contributed by atoms with Gasteiger partial charge in [-0.05, 0) is 17.9 Å². The Labute approximate surface area is 76.1 Å². The van der Waals surface area contributed by atoms with Crippen molar-refractivity contribution in [1.29, 1.82) is 0 Å². The minimum absolute atomic E-state index is 0. The van der Waals surface area contributed by atoms with Crippen LogP contribution in [-0.4, -0.2) is 18.2 Å². The summed E-state index contributed by atoms with van der Waals surface area (Å²) < 4.78 is 0. The van der Waals surface area contributed by atoms with Crippen LogP contribution in [0.25, 0.3) is 0 Å². The molecule has 2 nitrogen and oxygen atoms in total. The molecular weight excluding hydrogens is 182 g/mol. The number of hydroxylamine groups is 2. The van der Waals surface area contributed by atoms with Gasteiger partial charge >= 0.3 is 0 Å². The minimum atomic E-state index is 0. The third kappa shape index (κ3) is 2.09. The molecule has 1 saturated heterocycles. The first-order valence-electron chi connectivity index (χ1n) is 3.40. The van der Waals surface area contributed by atoms with Crippen LogP contribution >= 0.6 is 23.7 Å². The van der Waals surface area contributed by atoms with E-state index in [4.69, 9.17) is 4.84 Å². The molecule has 1 aromatic heterocycles. The topological polar surface area (TPSA) is 12.5 Å². The smallest absolute Gasteiger partial charge is 0.158 e. The minimum Gasteiger partial charge on any atom is -0.405 e. The molecule has 0 radical (unpaired) electrons. The molecule has 0 aromatic carbocycles. The second kappa shape index (κ2) is 3.95. The lowest BCUT2D eigenvalue weighted by Gasteiger charge is -2.29. The zero-order chi connectivity index (χ0) is 6.81. The Morgan fingerprint density at radius 1 is 1.45 bits per heavy atom. The normalized spacial score (nSPS) is 16.7. The van der Waals surface area contributed by atoms with Crippen LogP contribution < -0.4 is 4.84 Å². The Morgan fingerprint density at radius 2 is 2.27 bits per heavy atom. The first kappa shape index (κ1) is 8.84. The van der Waals surface area contributed by atoms with E-state index in [1.165, 1.54) is 6.42 Å². The molecule has 2 rings (SSSR count). The van der Waals surface area contributed by atoms with Crippen molar-refractivity contribution >= 4 is 23.7 Å². The van der Waals surface area contributed by atoms with E-state index < -0.39 is 0 Å². The lowest BCUT2D eigenvalue weighted by molar-refractivity contribution is -0.106. The molecule has 0 amide bonds. The predicted molar refractivity (Wildman–Crippen MR) is 48.4 cm³/mol. The molecule has 1 aromatic rings. The summed E-state index contributed by atoms with van der Waals surface area (Å²) in [7, 11) is 0. The lowest BCUT2D eigenvalue weighted by Crippen LogP contribution is -2.39. The Bertz CT molecular complexity index is 198. The van der Waals surface area contributed by atoms with Crippen LogP contribution in [0.15, 0.2) is 16.8 Å². The van der Waals surface area contributed by atoms with Gasteiger partial charge in [0.1, 0.15) is 0 Å². The van der Waals surface area contributed by atoms with Gasteiger partial charge in [-0.1, -0.05) is 0 Å². The lowest BCUT2D eigenvalue weighted by atomic mass is 10.3. The SMILES string of the molecule is Cl.c1cc(ON2CCC2)cs1. The van der Waals surface area contributed by atoms with Gasteiger partial charge in [-0.25, -0.2) is 0 Å². The van der Waals surface area contributed by atoms with Crippen molar-refractivity contribution in [2.45, 2.75) is 6.42 Å². The predicted octanol–water partition coefficient (Wildman–Crippen LogP) is 2.17. The van der Waals surface area contributed by atoms with Crippen LogP contribution in [0.3, 0.4) is 0 Å². The van der Waals surface area contributed by atoms with Crippen LogP contribution in [0, 0.1) is 0 Å². The third-order valence-corrected chi connectivity index (χ3v) is 2.21. The Hall–Kier alpha value is -0.250. The number of rotatable bonds is 2. The van der Waals surface area contributed by atoms with Gasteiger partial charge in [0.2, 0.25) is 0 Å². The van der Waals surface area contributed by atoms with E-state index in [0.29, 0.717) is 0 Å². The standard InChI is InChI=1S/C7H9NOS.ClH/c1-3-8(4-1)9-7-2-5-10-6-7;/h2,5-6H,1,3-4H2;1H. The molecule has 2 heterocycles. The molecule has 1 aliphatic heterocycles. The average Bonchev–Trinajstić information content (AvgIpc) is 2.29. The molecule has 1 fully saturated rings. The van der Waals surface area contributed by atoms with Crippen molar-refractivity contribution in [2.24, 2.45) is 0 Å². The first-order valence-corrected chi connectivity index (χ1v) is 4.34. The molecular formula is C7H10ClNOS. The van der Waals surface area contributed by atoms with Gasteiger partial charge in [0.25, 0.3) is 0 Å². The monoisotopic (exact) mass is 191 g/mol. The molecule has 0 bridgehead atoms. The molecule has 0 atom stereocenters. The fourth-order valence-electron chi connectivity index (χ4n) is 0.831. The maximum Gasteiger partial charge on any atom is 0.158 e. The molecule has 11 heavy (non-hydrogen) atoms. The largest absolute Gasteiger partial charge is 0.405 e. The van der Waals surface area contributed by atoms with Crippen LogP contribution in [-0.2, 0) is 0 Å². The highest BCUT2D eigenvalue weighted by Crippen LogP contribution is 2.18. The van der Waals surface area contributed by atoms with E-state index in [2.05, 4.69) is 0 Å². The van der Waals surface area contributed by atoms with E-state index >= 15 is 0 Å².